The summed E-state index contributed by atoms with van der Waals surface area (Å²) in [5.74, 6) is -2.03. The summed E-state index contributed by atoms with van der Waals surface area (Å²) >= 11 is 1.33. The zero-order chi connectivity index (χ0) is 13.1. The average molecular weight is 267 g/mol. The monoisotopic (exact) mass is 267 g/mol. The van der Waals surface area contributed by atoms with Gasteiger partial charge in [0.25, 0.3) is 5.91 Å². The van der Waals surface area contributed by atoms with E-state index in [-0.39, 0.29) is 11.9 Å². The number of hydrogen-bond donors (Lipinski definition) is 1. The summed E-state index contributed by atoms with van der Waals surface area (Å²) in [6.45, 7) is 1.72. The molecule has 0 aliphatic carbocycles. The Morgan fingerprint density at radius 1 is 1.28 bits per heavy atom. The van der Waals surface area contributed by atoms with Crippen molar-refractivity contribution in [1.29, 1.82) is 0 Å². The lowest BCUT2D eigenvalue weighted by molar-refractivity contribution is 0.0944. The summed E-state index contributed by atoms with van der Waals surface area (Å²) in [5.41, 5.74) is 0.527. The van der Waals surface area contributed by atoms with E-state index in [9.17, 15) is 13.6 Å². The molecule has 1 atom stereocenters. The van der Waals surface area contributed by atoms with Crippen LogP contribution in [0.3, 0.4) is 0 Å². The lowest BCUT2D eigenvalue weighted by atomic mass is 10.1. The highest BCUT2D eigenvalue weighted by Crippen LogP contribution is 2.17. The molecule has 0 aliphatic rings. The van der Waals surface area contributed by atoms with Crippen molar-refractivity contribution in [3.63, 3.8) is 0 Å². The van der Waals surface area contributed by atoms with E-state index < -0.39 is 11.6 Å². The predicted molar refractivity (Wildman–Crippen MR) is 66.6 cm³/mol. The maximum absolute atomic E-state index is 13.1. The molecule has 1 aromatic carbocycles. The molecule has 2 nitrogen and oxygen atoms in total. The largest absolute Gasteiger partial charge is 0.345 e. The first-order chi connectivity index (χ1) is 8.58. The number of halogens is 2. The zero-order valence-corrected chi connectivity index (χ0v) is 10.4. The highest BCUT2D eigenvalue weighted by Gasteiger charge is 2.13. The van der Waals surface area contributed by atoms with Crippen molar-refractivity contribution in [3.05, 3.63) is 57.8 Å². The Hall–Kier alpha value is -1.75. The minimum Gasteiger partial charge on any atom is -0.345 e. The van der Waals surface area contributed by atoms with Crippen LogP contribution >= 0.6 is 11.3 Å². The molecule has 94 valence electrons. The van der Waals surface area contributed by atoms with Gasteiger partial charge in [-0.3, -0.25) is 4.79 Å². The van der Waals surface area contributed by atoms with Gasteiger partial charge in [0.1, 0.15) is 0 Å². The first-order valence-electron chi connectivity index (χ1n) is 5.37. The molecule has 0 unspecified atom stereocenters. The lowest BCUT2D eigenvalue weighted by Gasteiger charge is -2.13. The molecule has 5 heteroatoms. The lowest BCUT2D eigenvalue weighted by Crippen LogP contribution is -2.25. The third-order valence-corrected chi connectivity index (χ3v) is 3.40. The fourth-order valence-electron chi connectivity index (χ4n) is 1.54. The molecule has 0 bridgehead atoms. The summed E-state index contributed by atoms with van der Waals surface area (Å²) < 4.78 is 25.9. The van der Waals surface area contributed by atoms with Crippen LogP contribution in [-0.2, 0) is 0 Å². The van der Waals surface area contributed by atoms with Gasteiger partial charge in [-0.05, 0) is 36.1 Å². The standard InChI is InChI=1S/C13H11F2NOS/c1-8(9-4-5-10(14)11(15)7-9)16-13(17)12-3-2-6-18-12/h2-8H,1H3,(H,16,17)/t8-/m0/s1. The normalized spacial score (nSPS) is 12.2. The number of benzene rings is 1. The van der Waals surface area contributed by atoms with Crippen molar-refractivity contribution in [2.75, 3.05) is 0 Å². The van der Waals surface area contributed by atoms with Gasteiger partial charge in [-0.15, -0.1) is 11.3 Å². The summed E-state index contributed by atoms with van der Waals surface area (Å²) in [7, 11) is 0. The molecular weight excluding hydrogens is 256 g/mol. The van der Waals surface area contributed by atoms with Gasteiger partial charge >= 0.3 is 0 Å². The van der Waals surface area contributed by atoms with Gasteiger partial charge in [-0.25, -0.2) is 8.78 Å². The highest BCUT2D eigenvalue weighted by atomic mass is 32.1. The predicted octanol–water partition coefficient (Wildman–Crippen LogP) is 3.52. The van der Waals surface area contributed by atoms with Gasteiger partial charge in [0.15, 0.2) is 11.6 Å². The van der Waals surface area contributed by atoms with Crippen LogP contribution in [0, 0.1) is 11.6 Å². The fourth-order valence-corrected chi connectivity index (χ4v) is 2.17. The number of amides is 1. The molecule has 18 heavy (non-hydrogen) atoms. The molecule has 0 radical (unpaired) electrons. The van der Waals surface area contributed by atoms with Crippen LogP contribution in [0.25, 0.3) is 0 Å². The third-order valence-electron chi connectivity index (χ3n) is 2.54. The van der Waals surface area contributed by atoms with Crippen molar-refractivity contribution in [3.8, 4) is 0 Å². The number of carbonyl (C=O) groups excluding carboxylic acids is 1. The molecule has 1 aromatic heterocycles. The van der Waals surface area contributed by atoms with E-state index in [0.717, 1.165) is 12.1 Å². The molecule has 2 rings (SSSR count). The minimum absolute atomic E-state index is 0.220. The van der Waals surface area contributed by atoms with Crippen molar-refractivity contribution in [2.24, 2.45) is 0 Å². The Bertz CT molecular complexity index is 554. The molecule has 1 amide bonds. The number of thiophene rings is 1. The van der Waals surface area contributed by atoms with E-state index in [4.69, 9.17) is 0 Å². The van der Waals surface area contributed by atoms with Crippen LogP contribution in [0.1, 0.15) is 28.2 Å². The molecule has 0 spiro atoms. The summed E-state index contributed by atoms with van der Waals surface area (Å²) in [5, 5.41) is 4.53. The van der Waals surface area contributed by atoms with Crippen molar-refractivity contribution in [2.45, 2.75) is 13.0 Å². The molecule has 2 aromatic rings. The zero-order valence-electron chi connectivity index (χ0n) is 9.61. The van der Waals surface area contributed by atoms with Crippen LogP contribution in [0.4, 0.5) is 8.78 Å². The van der Waals surface area contributed by atoms with E-state index in [0.29, 0.717) is 10.4 Å². The van der Waals surface area contributed by atoms with Crippen LogP contribution in [-0.4, -0.2) is 5.91 Å². The van der Waals surface area contributed by atoms with E-state index in [2.05, 4.69) is 5.32 Å². The molecule has 1 heterocycles. The van der Waals surface area contributed by atoms with Crippen LogP contribution in [0.2, 0.25) is 0 Å². The Balaban J connectivity index is 2.10. The Morgan fingerprint density at radius 3 is 2.67 bits per heavy atom. The van der Waals surface area contributed by atoms with Gasteiger partial charge in [-0.1, -0.05) is 12.1 Å². The van der Waals surface area contributed by atoms with E-state index >= 15 is 0 Å². The van der Waals surface area contributed by atoms with E-state index in [1.165, 1.54) is 17.4 Å². The Kier molecular flexibility index (Phi) is 3.72. The van der Waals surface area contributed by atoms with Crippen molar-refractivity contribution < 1.29 is 13.6 Å². The van der Waals surface area contributed by atoms with E-state index in [1.54, 1.807) is 24.4 Å². The second-order valence-corrected chi connectivity index (χ2v) is 4.79. The number of hydrogen-bond acceptors (Lipinski definition) is 2. The third kappa shape index (κ3) is 2.73. The molecular formula is C13H11F2NOS. The maximum atomic E-state index is 13.1. The fraction of sp³-hybridized carbons (Fsp3) is 0.154. The first-order valence-corrected chi connectivity index (χ1v) is 6.25. The molecule has 1 N–H and O–H groups in total. The molecule has 0 saturated heterocycles. The van der Waals surface area contributed by atoms with Crippen LogP contribution < -0.4 is 5.32 Å². The number of rotatable bonds is 3. The highest BCUT2D eigenvalue weighted by molar-refractivity contribution is 7.12. The quantitative estimate of drug-likeness (QED) is 0.905. The SMILES string of the molecule is C[C@H](NC(=O)c1cccs1)c1ccc(F)c(F)c1. The maximum Gasteiger partial charge on any atom is 0.261 e. The van der Waals surface area contributed by atoms with E-state index in [1.807, 2.05) is 0 Å². The second-order valence-electron chi connectivity index (χ2n) is 3.85. The Morgan fingerprint density at radius 2 is 2.06 bits per heavy atom. The van der Waals surface area contributed by atoms with Crippen LogP contribution in [0.5, 0.6) is 0 Å². The number of carbonyl (C=O) groups is 1. The number of nitrogens with one attached hydrogen (secondary N) is 1. The smallest absolute Gasteiger partial charge is 0.261 e. The van der Waals surface area contributed by atoms with Gasteiger partial charge in [-0.2, -0.15) is 0 Å². The van der Waals surface area contributed by atoms with Gasteiger partial charge in [0, 0.05) is 0 Å². The Labute approximate surface area is 107 Å². The topological polar surface area (TPSA) is 29.1 Å². The first kappa shape index (κ1) is 12.7. The van der Waals surface area contributed by atoms with Crippen molar-refractivity contribution in [1.82, 2.24) is 5.32 Å². The van der Waals surface area contributed by atoms with Gasteiger partial charge in [0.05, 0.1) is 10.9 Å². The second kappa shape index (κ2) is 5.27. The molecule has 0 fully saturated rings. The summed E-state index contributed by atoms with van der Waals surface area (Å²) in [6, 6.07) is 6.71. The van der Waals surface area contributed by atoms with Crippen LogP contribution in [0.15, 0.2) is 35.7 Å². The van der Waals surface area contributed by atoms with Gasteiger partial charge in [0.2, 0.25) is 0 Å². The van der Waals surface area contributed by atoms with Gasteiger partial charge < -0.3 is 5.32 Å². The molecule has 0 saturated carbocycles. The van der Waals surface area contributed by atoms with Crippen molar-refractivity contribution >= 4 is 17.2 Å². The average Bonchev–Trinajstić information content (AvgIpc) is 2.86. The molecule has 0 aliphatic heterocycles. The summed E-state index contributed by atoms with van der Waals surface area (Å²) in [6.07, 6.45) is 0. The summed E-state index contributed by atoms with van der Waals surface area (Å²) in [4.78, 5) is 12.4. The minimum atomic E-state index is -0.912.